The van der Waals surface area contributed by atoms with Crippen molar-refractivity contribution in [2.24, 2.45) is 0 Å². The van der Waals surface area contributed by atoms with Crippen LogP contribution in [0.4, 0.5) is 5.69 Å². The molecule has 3 aromatic rings. The smallest absolute Gasteiger partial charge is 0.272 e. The Morgan fingerprint density at radius 2 is 2.00 bits per heavy atom. The van der Waals surface area contributed by atoms with Crippen LogP contribution in [0.3, 0.4) is 0 Å². The normalized spacial score (nSPS) is 14.9. The zero-order valence-corrected chi connectivity index (χ0v) is 25.2. The monoisotopic (exact) mass is 589 g/mol. The van der Waals surface area contributed by atoms with Gasteiger partial charge in [0.1, 0.15) is 6.07 Å². The van der Waals surface area contributed by atoms with Crippen molar-refractivity contribution in [3.8, 4) is 23.2 Å². The molecule has 1 aromatic carbocycles. The summed E-state index contributed by atoms with van der Waals surface area (Å²) >= 11 is 6.05. The lowest BCUT2D eigenvalue weighted by atomic mass is 10.0. The van der Waals surface area contributed by atoms with E-state index in [4.69, 9.17) is 21.3 Å². The van der Waals surface area contributed by atoms with Crippen LogP contribution in [-0.4, -0.2) is 91.0 Å². The molecule has 0 radical (unpaired) electrons. The van der Waals surface area contributed by atoms with Gasteiger partial charge in [-0.15, -0.1) is 0 Å². The Hall–Kier alpha value is -4.20. The van der Waals surface area contributed by atoms with E-state index in [1.54, 1.807) is 23.2 Å². The van der Waals surface area contributed by atoms with Gasteiger partial charge in [0.2, 0.25) is 5.88 Å². The Labute approximate surface area is 251 Å². The number of hydrogen-bond acceptors (Lipinski definition) is 8. The summed E-state index contributed by atoms with van der Waals surface area (Å²) in [4.78, 5) is 42.1. The van der Waals surface area contributed by atoms with E-state index >= 15 is 0 Å². The minimum atomic E-state index is -0.274. The lowest BCUT2D eigenvalue weighted by Crippen LogP contribution is -2.55. The molecule has 0 aliphatic carbocycles. The second-order valence-corrected chi connectivity index (χ2v) is 10.7. The summed E-state index contributed by atoms with van der Waals surface area (Å²) < 4.78 is 5.73. The van der Waals surface area contributed by atoms with E-state index in [9.17, 15) is 14.9 Å². The topological polar surface area (TPSA) is 115 Å². The van der Waals surface area contributed by atoms with Crippen LogP contribution in [0.2, 0.25) is 5.02 Å². The van der Waals surface area contributed by atoms with Gasteiger partial charge in [0.05, 0.1) is 34.7 Å². The molecule has 1 atom stereocenters. The SMILES string of the molecule is CCOc1ncccc1-c1ccc(N2CCN(C(=O)c3ccc(Cl)cc3C#N)C[C@H]2CC)c(C(=O)NCCN(C)C)n1. The summed E-state index contributed by atoms with van der Waals surface area (Å²) in [7, 11) is 3.90. The van der Waals surface area contributed by atoms with Crippen molar-refractivity contribution in [2.75, 3.05) is 58.3 Å². The summed E-state index contributed by atoms with van der Waals surface area (Å²) in [5.74, 6) is -0.0306. The maximum atomic E-state index is 13.6. The largest absolute Gasteiger partial charge is 0.477 e. The van der Waals surface area contributed by atoms with E-state index in [0.29, 0.717) is 78.4 Å². The lowest BCUT2D eigenvalue weighted by Gasteiger charge is -2.43. The van der Waals surface area contributed by atoms with Crippen molar-refractivity contribution >= 4 is 29.1 Å². The van der Waals surface area contributed by atoms with Crippen molar-refractivity contribution in [2.45, 2.75) is 26.3 Å². The molecule has 2 aromatic heterocycles. The molecule has 1 fully saturated rings. The second-order valence-electron chi connectivity index (χ2n) is 10.2. The summed E-state index contributed by atoms with van der Waals surface area (Å²) in [6, 6.07) is 14.2. The van der Waals surface area contributed by atoms with Crippen molar-refractivity contribution in [1.29, 1.82) is 5.26 Å². The van der Waals surface area contributed by atoms with Crippen LogP contribution in [0.1, 0.15) is 46.7 Å². The number of nitrogens with zero attached hydrogens (tertiary/aromatic N) is 6. The van der Waals surface area contributed by atoms with Gasteiger partial charge in [-0.1, -0.05) is 18.5 Å². The fraction of sp³-hybridized carbons (Fsp3) is 0.387. The third kappa shape index (κ3) is 6.98. The molecule has 0 bridgehead atoms. The number of likely N-dealkylation sites (N-methyl/N-ethyl adjacent to an activating group) is 1. The fourth-order valence-corrected chi connectivity index (χ4v) is 5.16. The number of hydrogen-bond donors (Lipinski definition) is 1. The van der Waals surface area contributed by atoms with Crippen molar-refractivity contribution < 1.29 is 14.3 Å². The van der Waals surface area contributed by atoms with Gasteiger partial charge < -0.3 is 24.8 Å². The average Bonchev–Trinajstić information content (AvgIpc) is 3.00. The highest BCUT2D eigenvalue weighted by Gasteiger charge is 2.32. The van der Waals surface area contributed by atoms with E-state index in [2.05, 4.69) is 28.2 Å². The quantitative estimate of drug-likeness (QED) is 0.376. The van der Waals surface area contributed by atoms with Gasteiger partial charge in [0, 0.05) is 50.0 Å². The molecular weight excluding hydrogens is 554 g/mol. The first-order chi connectivity index (χ1) is 20.3. The average molecular weight is 590 g/mol. The number of halogens is 1. The number of aromatic nitrogens is 2. The first-order valence-corrected chi connectivity index (χ1v) is 14.4. The first kappa shape index (κ1) is 30.8. The summed E-state index contributed by atoms with van der Waals surface area (Å²) in [5.41, 5.74) is 2.88. The Morgan fingerprint density at radius 1 is 1.19 bits per heavy atom. The number of nitriles is 1. The zero-order chi connectivity index (χ0) is 30.2. The molecule has 2 amide bonds. The molecule has 1 aliphatic heterocycles. The van der Waals surface area contributed by atoms with E-state index in [-0.39, 0.29) is 23.4 Å². The van der Waals surface area contributed by atoms with Crippen LogP contribution in [0.5, 0.6) is 5.88 Å². The molecule has 1 aliphatic rings. The molecule has 1 saturated heterocycles. The van der Waals surface area contributed by atoms with E-state index < -0.39 is 0 Å². The van der Waals surface area contributed by atoms with Gasteiger partial charge in [0.15, 0.2) is 5.69 Å². The van der Waals surface area contributed by atoms with Gasteiger partial charge in [-0.2, -0.15) is 5.26 Å². The maximum absolute atomic E-state index is 13.6. The molecular formula is C31H36ClN7O3. The Bertz CT molecular complexity index is 1470. The molecule has 42 heavy (non-hydrogen) atoms. The van der Waals surface area contributed by atoms with Gasteiger partial charge in [-0.25, -0.2) is 9.97 Å². The third-order valence-corrected chi connectivity index (χ3v) is 7.38. The van der Waals surface area contributed by atoms with Crippen LogP contribution < -0.4 is 15.0 Å². The fourth-order valence-electron chi connectivity index (χ4n) is 4.99. The number of carbonyl (C=O) groups excluding carboxylic acids is 2. The van der Waals surface area contributed by atoms with Crippen LogP contribution in [-0.2, 0) is 0 Å². The highest BCUT2D eigenvalue weighted by Crippen LogP contribution is 2.32. The summed E-state index contributed by atoms with van der Waals surface area (Å²) in [5, 5.41) is 13.0. The number of ether oxygens (including phenoxy) is 1. The molecule has 220 valence electrons. The van der Waals surface area contributed by atoms with Gasteiger partial charge in [-0.05, 0) is 69.9 Å². The molecule has 4 rings (SSSR count). The molecule has 10 nitrogen and oxygen atoms in total. The number of benzene rings is 1. The Kier molecular flexibility index (Phi) is 10.3. The van der Waals surface area contributed by atoms with Gasteiger partial charge >= 0.3 is 0 Å². The van der Waals surface area contributed by atoms with Crippen LogP contribution in [0.25, 0.3) is 11.3 Å². The standard InChI is InChI=1S/C31H36ClN7O3/c1-5-23-20-38(31(41)24-10-9-22(32)18-21(24)19-33)16-17-39(23)27-12-11-26(25-8-7-13-35-30(25)42-6-2)36-28(27)29(40)34-14-15-37(3)4/h7-13,18,23H,5-6,14-17,20H2,1-4H3,(H,34,40)/t23-/m1/s1. The van der Waals surface area contributed by atoms with Crippen molar-refractivity contribution in [3.05, 3.63) is 70.5 Å². The predicted molar refractivity (Wildman–Crippen MR) is 163 cm³/mol. The molecule has 0 unspecified atom stereocenters. The Morgan fingerprint density at radius 3 is 2.71 bits per heavy atom. The van der Waals surface area contributed by atoms with Crippen molar-refractivity contribution in [3.63, 3.8) is 0 Å². The zero-order valence-electron chi connectivity index (χ0n) is 24.4. The highest BCUT2D eigenvalue weighted by atomic mass is 35.5. The number of rotatable bonds is 10. The molecule has 1 N–H and O–H groups in total. The second kappa shape index (κ2) is 14.1. The predicted octanol–water partition coefficient (Wildman–Crippen LogP) is 4.10. The molecule has 3 heterocycles. The number of piperazine rings is 1. The first-order valence-electron chi connectivity index (χ1n) is 14.0. The number of anilines is 1. The summed E-state index contributed by atoms with van der Waals surface area (Å²) in [6.07, 6.45) is 2.39. The highest BCUT2D eigenvalue weighted by molar-refractivity contribution is 6.30. The van der Waals surface area contributed by atoms with Gasteiger partial charge in [-0.3, -0.25) is 9.59 Å². The number of pyridine rings is 2. The number of amides is 2. The molecule has 0 spiro atoms. The van der Waals surface area contributed by atoms with Crippen LogP contribution in [0, 0.1) is 11.3 Å². The van der Waals surface area contributed by atoms with E-state index in [1.807, 2.05) is 50.2 Å². The molecule has 11 heteroatoms. The van der Waals surface area contributed by atoms with Crippen LogP contribution in [0.15, 0.2) is 48.7 Å². The lowest BCUT2D eigenvalue weighted by molar-refractivity contribution is 0.0719. The Balaban J connectivity index is 1.66. The van der Waals surface area contributed by atoms with Crippen LogP contribution >= 0.6 is 11.6 Å². The summed E-state index contributed by atoms with van der Waals surface area (Å²) in [6.45, 7) is 6.90. The van der Waals surface area contributed by atoms with E-state index in [0.717, 1.165) is 6.42 Å². The number of nitrogens with one attached hydrogen (secondary N) is 1. The van der Waals surface area contributed by atoms with Gasteiger partial charge in [0.25, 0.3) is 11.8 Å². The third-order valence-electron chi connectivity index (χ3n) is 7.14. The van der Waals surface area contributed by atoms with Crippen molar-refractivity contribution in [1.82, 2.24) is 25.1 Å². The minimum absolute atomic E-state index is 0.0705. The van der Waals surface area contributed by atoms with E-state index in [1.165, 1.54) is 6.07 Å². The minimum Gasteiger partial charge on any atom is -0.477 e. The number of carbonyl (C=O) groups is 2. The maximum Gasteiger partial charge on any atom is 0.272 e. The molecule has 0 saturated carbocycles.